The molecule has 6 heteroatoms. The van der Waals surface area contributed by atoms with Gasteiger partial charge < -0.3 is 19.9 Å². The van der Waals surface area contributed by atoms with Crippen molar-refractivity contribution in [3.8, 4) is 11.5 Å². The molecule has 2 aromatic rings. The lowest BCUT2D eigenvalue weighted by atomic mass is 9.92. The van der Waals surface area contributed by atoms with Gasteiger partial charge in [0.1, 0.15) is 11.5 Å². The zero-order chi connectivity index (χ0) is 20.5. The zero-order valence-electron chi connectivity index (χ0n) is 16.5. The van der Waals surface area contributed by atoms with E-state index in [2.05, 4.69) is 12.2 Å². The average Bonchev–Trinajstić information content (AvgIpc) is 2.71. The summed E-state index contributed by atoms with van der Waals surface area (Å²) in [6, 6.07) is 14.7. The van der Waals surface area contributed by atoms with Crippen molar-refractivity contribution in [2.24, 2.45) is 0 Å². The summed E-state index contributed by atoms with van der Waals surface area (Å²) in [7, 11) is 1.63. The van der Waals surface area contributed by atoms with Gasteiger partial charge in [0.15, 0.2) is 6.61 Å². The normalized spacial score (nSPS) is 12.7. The fourth-order valence-corrected chi connectivity index (χ4v) is 2.98. The van der Waals surface area contributed by atoms with Crippen molar-refractivity contribution in [2.45, 2.75) is 38.6 Å². The minimum Gasteiger partial charge on any atom is -0.497 e. The van der Waals surface area contributed by atoms with Crippen molar-refractivity contribution in [2.75, 3.05) is 13.7 Å². The molecule has 0 saturated carbocycles. The molecule has 0 aliphatic rings. The van der Waals surface area contributed by atoms with E-state index in [1.54, 1.807) is 19.2 Å². The Balaban J connectivity index is 1.92. The third kappa shape index (κ3) is 6.30. The number of ether oxygens (including phenoxy) is 2. The number of hydrogen-bond donors (Lipinski definition) is 2. The highest BCUT2D eigenvalue weighted by Gasteiger charge is 2.17. The second-order valence-electron chi connectivity index (χ2n) is 6.62. The summed E-state index contributed by atoms with van der Waals surface area (Å²) in [5, 5.41) is 11.7. The van der Waals surface area contributed by atoms with Gasteiger partial charge in [0.05, 0.1) is 13.2 Å². The topological polar surface area (TPSA) is 84.9 Å². The largest absolute Gasteiger partial charge is 0.497 e. The Hall–Kier alpha value is -3.02. The van der Waals surface area contributed by atoms with E-state index in [0.717, 1.165) is 23.3 Å². The molecule has 0 radical (unpaired) electrons. The first-order valence-corrected chi connectivity index (χ1v) is 9.30. The second-order valence-corrected chi connectivity index (χ2v) is 6.62. The molecule has 0 aliphatic heterocycles. The van der Waals surface area contributed by atoms with Crippen LogP contribution >= 0.6 is 0 Å². The molecule has 2 unspecified atom stereocenters. The Morgan fingerprint density at radius 3 is 2.11 bits per heavy atom. The van der Waals surface area contributed by atoms with Crippen molar-refractivity contribution in [1.82, 2.24) is 5.32 Å². The van der Waals surface area contributed by atoms with Crippen LogP contribution in [0.15, 0.2) is 48.5 Å². The van der Waals surface area contributed by atoms with Crippen molar-refractivity contribution < 1.29 is 24.2 Å². The Morgan fingerprint density at radius 1 is 1.00 bits per heavy atom. The van der Waals surface area contributed by atoms with Gasteiger partial charge in [0, 0.05) is 6.42 Å². The lowest BCUT2D eigenvalue weighted by Crippen LogP contribution is -2.27. The summed E-state index contributed by atoms with van der Waals surface area (Å²) in [6.07, 6.45) is 1.27. The molecule has 0 fully saturated rings. The van der Waals surface area contributed by atoms with Crippen molar-refractivity contribution in [3.05, 3.63) is 59.7 Å². The number of carbonyl (C=O) groups excluding carboxylic acids is 1. The van der Waals surface area contributed by atoms with E-state index in [1.165, 1.54) is 0 Å². The minimum atomic E-state index is -1.02. The number of amides is 1. The molecule has 150 valence electrons. The smallest absolute Gasteiger partial charge is 0.341 e. The van der Waals surface area contributed by atoms with E-state index in [9.17, 15) is 9.59 Å². The standard InChI is InChI=1S/C22H27NO5/c1-4-16(18-7-9-19(27-3)10-8-18)13-21(24)23-15(2)17-5-11-20(12-6-17)28-14-22(25)26/h5-12,15-16H,4,13-14H2,1-3H3,(H,23,24)(H,25,26). The van der Waals surface area contributed by atoms with Gasteiger partial charge in [-0.1, -0.05) is 31.2 Å². The van der Waals surface area contributed by atoms with Gasteiger partial charge in [-0.05, 0) is 54.7 Å². The summed E-state index contributed by atoms with van der Waals surface area (Å²) >= 11 is 0. The van der Waals surface area contributed by atoms with Gasteiger partial charge in [-0.15, -0.1) is 0 Å². The molecule has 2 rings (SSSR count). The van der Waals surface area contributed by atoms with E-state index in [-0.39, 0.29) is 24.5 Å². The monoisotopic (exact) mass is 385 g/mol. The first kappa shape index (κ1) is 21.3. The van der Waals surface area contributed by atoms with Crippen LogP contribution in [0.1, 0.15) is 49.8 Å². The first-order valence-electron chi connectivity index (χ1n) is 9.30. The van der Waals surface area contributed by atoms with E-state index in [0.29, 0.717) is 12.2 Å². The molecule has 2 atom stereocenters. The summed E-state index contributed by atoms with van der Waals surface area (Å²) in [6.45, 7) is 3.61. The highest BCUT2D eigenvalue weighted by atomic mass is 16.5. The van der Waals surface area contributed by atoms with E-state index in [1.807, 2.05) is 43.3 Å². The molecule has 0 aromatic heterocycles. The van der Waals surface area contributed by atoms with Crippen LogP contribution in [0.25, 0.3) is 0 Å². The van der Waals surface area contributed by atoms with E-state index < -0.39 is 5.97 Å². The van der Waals surface area contributed by atoms with Gasteiger partial charge in [-0.3, -0.25) is 4.79 Å². The molecule has 0 heterocycles. The maximum absolute atomic E-state index is 12.5. The van der Waals surface area contributed by atoms with Gasteiger partial charge in [-0.25, -0.2) is 4.79 Å². The third-order valence-electron chi connectivity index (χ3n) is 4.63. The molecule has 28 heavy (non-hydrogen) atoms. The predicted molar refractivity (Wildman–Crippen MR) is 107 cm³/mol. The van der Waals surface area contributed by atoms with E-state index in [4.69, 9.17) is 14.6 Å². The van der Waals surface area contributed by atoms with Gasteiger partial charge in [0.2, 0.25) is 5.91 Å². The molecule has 2 aromatic carbocycles. The van der Waals surface area contributed by atoms with Crippen LogP contribution in [0.3, 0.4) is 0 Å². The Bertz CT molecular complexity index is 771. The molecule has 0 bridgehead atoms. The number of carbonyl (C=O) groups is 2. The van der Waals surface area contributed by atoms with Crippen LogP contribution in [0.4, 0.5) is 0 Å². The summed E-state index contributed by atoms with van der Waals surface area (Å²) < 4.78 is 10.3. The molecule has 1 amide bonds. The molecule has 6 nitrogen and oxygen atoms in total. The quantitative estimate of drug-likeness (QED) is 0.647. The molecule has 0 aliphatic carbocycles. The molecule has 0 saturated heterocycles. The van der Waals surface area contributed by atoms with Crippen molar-refractivity contribution in [1.29, 1.82) is 0 Å². The lowest BCUT2D eigenvalue weighted by Gasteiger charge is -2.19. The second kappa shape index (κ2) is 10.3. The van der Waals surface area contributed by atoms with Crippen LogP contribution in [-0.2, 0) is 9.59 Å². The number of hydrogen-bond acceptors (Lipinski definition) is 4. The zero-order valence-corrected chi connectivity index (χ0v) is 16.5. The molecule has 0 spiro atoms. The maximum Gasteiger partial charge on any atom is 0.341 e. The molecular formula is C22H27NO5. The third-order valence-corrected chi connectivity index (χ3v) is 4.63. The van der Waals surface area contributed by atoms with E-state index >= 15 is 0 Å². The number of carboxylic acids is 1. The SMILES string of the molecule is CCC(CC(=O)NC(C)c1ccc(OCC(=O)O)cc1)c1ccc(OC)cc1. The Kier molecular flexibility index (Phi) is 7.87. The highest BCUT2D eigenvalue weighted by Crippen LogP contribution is 2.26. The van der Waals surface area contributed by atoms with Gasteiger partial charge >= 0.3 is 5.97 Å². The van der Waals surface area contributed by atoms with Crippen LogP contribution in [0.2, 0.25) is 0 Å². The van der Waals surface area contributed by atoms with Crippen LogP contribution < -0.4 is 14.8 Å². The number of benzene rings is 2. The first-order chi connectivity index (χ1) is 13.4. The Labute approximate surface area is 165 Å². The predicted octanol–water partition coefficient (Wildman–Crippen LogP) is 3.92. The summed E-state index contributed by atoms with van der Waals surface area (Å²) in [4.78, 5) is 23.0. The highest BCUT2D eigenvalue weighted by molar-refractivity contribution is 5.77. The summed E-state index contributed by atoms with van der Waals surface area (Å²) in [5.41, 5.74) is 2.04. The number of carboxylic acid groups (broad SMARTS) is 1. The number of rotatable bonds is 10. The van der Waals surface area contributed by atoms with Crippen molar-refractivity contribution >= 4 is 11.9 Å². The fourth-order valence-electron chi connectivity index (χ4n) is 2.98. The Morgan fingerprint density at radius 2 is 1.57 bits per heavy atom. The number of nitrogens with one attached hydrogen (secondary N) is 1. The van der Waals surface area contributed by atoms with Gasteiger partial charge in [-0.2, -0.15) is 0 Å². The molecule has 2 N–H and O–H groups in total. The summed E-state index contributed by atoms with van der Waals surface area (Å²) in [5.74, 6) is 0.390. The molecular weight excluding hydrogens is 358 g/mol. The van der Waals surface area contributed by atoms with Crippen LogP contribution in [-0.4, -0.2) is 30.7 Å². The van der Waals surface area contributed by atoms with Crippen LogP contribution in [0.5, 0.6) is 11.5 Å². The minimum absolute atomic E-state index is 0.0126. The van der Waals surface area contributed by atoms with Crippen molar-refractivity contribution in [3.63, 3.8) is 0 Å². The maximum atomic E-state index is 12.5. The lowest BCUT2D eigenvalue weighted by molar-refractivity contribution is -0.139. The van der Waals surface area contributed by atoms with Gasteiger partial charge in [0.25, 0.3) is 0 Å². The van der Waals surface area contributed by atoms with Crippen LogP contribution in [0, 0.1) is 0 Å². The fraction of sp³-hybridized carbons (Fsp3) is 0.364. The number of methoxy groups -OCH3 is 1. The number of aliphatic carboxylic acids is 1. The average molecular weight is 385 g/mol.